The number of hydrogen-bond donors (Lipinski definition) is 0. The Balaban J connectivity index is 1.51. The lowest BCUT2D eigenvalue weighted by atomic mass is 9.85. The molecule has 8 nitrogen and oxygen atoms in total. The Kier molecular flexibility index (Phi) is 3.62. The Morgan fingerprint density at radius 1 is 1.08 bits per heavy atom. The average Bonchev–Trinajstić information content (AvgIpc) is 2.99. The molecule has 25 heavy (non-hydrogen) atoms. The molecule has 9 heteroatoms. The van der Waals surface area contributed by atoms with Gasteiger partial charge in [-0.15, -0.1) is 0 Å². The van der Waals surface area contributed by atoms with Gasteiger partial charge in [0.25, 0.3) is 0 Å². The summed E-state index contributed by atoms with van der Waals surface area (Å²) in [5.41, 5.74) is 0.311. The van der Waals surface area contributed by atoms with E-state index in [2.05, 4.69) is 5.16 Å². The van der Waals surface area contributed by atoms with Crippen LogP contribution >= 0.6 is 0 Å². The van der Waals surface area contributed by atoms with Crippen molar-refractivity contribution in [3.8, 4) is 0 Å². The Morgan fingerprint density at radius 3 is 2.12 bits per heavy atom. The number of carbonyl (C=O) groups is 2. The molecule has 0 radical (unpaired) electrons. The fraction of sp³-hybridized carbons (Fsp3) is 0.562. The number of imide groups is 1. The SMILES string of the molecule is Cc1noc(C)c1S(=O)(=O)N1CC(N2C(=O)C3CC=CCC3C2=O)C1. The molecule has 0 bridgehead atoms. The molecule has 1 aromatic rings. The second-order valence-corrected chi connectivity index (χ2v) is 8.71. The highest BCUT2D eigenvalue weighted by atomic mass is 32.2. The molecular formula is C16H19N3O5S. The smallest absolute Gasteiger partial charge is 0.248 e. The van der Waals surface area contributed by atoms with Gasteiger partial charge in [-0.1, -0.05) is 17.3 Å². The number of nitrogens with zero attached hydrogens (tertiary/aromatic N) is 3. The van der Waals surface area contributed by atoms with Crippen molar-refractivity contribution in [1.29, 1.82) is 0 Å². The molecule has 2 saturated heterocycles. The lowest BCUT2D eigenvalue weighted by Gasteiger charge is -2.41. The molecule has 2 fully saturated rings. The van der Waals surface area contributed by atoms with Gasteiger partial charge >= 0.3 is 0 Å². The Hall–Kier alpha value is -2.00. The molecular weight excluding hydrogens is 346 g/mol. The zero-order valence-electron chi connectivity index (χ0n) is 14.0. The van der Waals surface area contributed by atoms with E-state index >= 15 is 0 Å². The van der Waals surface area contributed by atoms with Gasteiger partial charge in [-0.25, -0.2) is 8.42 Å². The maximum atomic E-state index is 12.7. The highest BCUT2D eigenvalue weighted by Gasteiger charge is 2.53. The molecule has 2 unspecified atom stereocenters. The first kappa shape index (κ1) is 16.5. The molecule has 2 aliphatic heterocycles. The van der Waals surface area contributed by atoms with Crippen molar-refractivity contribution in [1.82, 2.24) is 14.4 Å². The average molecular weight is 365 g/mol. The summed E-state index contributed by atoms with van der Waals surface area (Å²) >= 11 is 0. The molecule has 134 valence electrons. The first-order valence-corrected chi connectivity index (χ1v) is 9.71. The number of amides is 2. The number of aryl methyl sites for hydroxylation is 2. The maximum Gasteiger partial charge on any atom is 0.248 e. The van der Waals surface area contributed by atoms with Crippen LogP contribution in [0.3, 0.4) is 0 Å². The van der Waals surface area contributed by atoms with E-state index in [9.17, 15) is 18.0 Å². The molecule has 2 atom stereocenters. The lowest BCUT2D eigenvalue weighted by Crippen LogP contribution is -2.62. The third-order valence-corrected chi connectivity index (χ3v) is 7.38. The summed E-state index contributed by atoms with van der Waals surface area (Å²) in [6, 6.07) is -0.388. The van der Waals surface area contributed by atoms with Gasteiger partial charge in [-0.3, -0.25) is 14.5 Å². The first-order valence-electron chi connectivity index (χ1n) is 8.27. The minimum Gasteiger partial charge on any atom is -0.360 e. The van der Waals surface area contributed by atoms with Crippen molar-refractivity contribution in [2.24, 2.45) is 11.8 Å². The number of hydrogen-bond acceptors (Lipinski definition) is 6. The van der Waals surface area contributed by atoms with E-state index in [0.29, 0.717) is 18.5 Å². The van der Waals surface area contributed by atoms with Crippen LogP contribution in [0, 0.1) is 25.7 Å². The number of fused-ring (bicyclic) bond motifs is 1. The van der Waals surface area contributed by atoms with Gasteiger partial charge in [0, 0.05) is 13.1 Å². The predicted molar refractivity (Wildman–Crippen MR) is 85.7 cm³/mol. The number of allylic oxidation sites excluding steroid dienone is 2. The molecule has 2 amide bonds. The van der Waals surface area contributed by atoms with Crippen LogP contribution < -0.4 is 0 Å². The molecule has 0 N–H and O–H groups in total. The van der Waals surface area contributed by atoms with Crippen molar-refractivity contribution in [3.63, 3.8) is 0 Å². The van der Waals surface area contributed by atoms with Crippen molar-refractivity contribution >= 4 is 21.8 Å². The molecule has 0 saturated carbocycles. The fourth-order valence-electron chi connectivity index (χ4n) is 3.93. The van der Waals surface area contributed by atoms with E-state index in [0.717, 1.165) is 0 Å². The summed E-state index contributed by atoms with van der Waals surface area (Å²) < 4.78 is 31.7. The predicted octanol–water partition coefficient (Wildman–Crippen LogP) is 0.616. The molecule has 0 spiro atoms. The zero-order chi connectivity index (χ0) is 17.9. The highest BCUT2D eigenvalue weighted by Crippen LogP contribution is 2.38. The van der Waals surface area contributed by atoms with E-state index in [-0.39, 0.29) is 53.4 Å². The molecule has 4 rings (SSSR count). The molecule has 3 heterocycles. The number of rotatable bonds is 3. The van der Waals surface area contributed by atoms with Gasteiger partial charge in [-0.2, -0.15) is 4.31 Å². The molecule has 0 aromatic carbocycles. The van der Waals surface area contributed by atoms with Gasteiger partial charge in [0.2, 0.25) is 21.8 Å². The van der Waals surface area contributed by atoms with Crippen LogP contribution in [0.15, 0.2) is 21.6 Å². The zero-order valence-corrected chi connectivity index (χ0v) is 14.8. The fourth-order valence-corrected chi connectivity index (χ4v) is 5.74. The third-order valence-electron chi connectivity index (χ3n) is 5.30. The van der Waals surface area contributed by atoms with Crippen molar-refractivity contribution in [2.75, 3.05) is 13.1 Å². The van der Waals surface area contributed by atoms with E-state index in [1.54, 1.807) is 13.8 Å². The summed E-state index contributed by atoms with van der Waals surface area (Å²) in [7, 11) is -3.73. The van der Waals surface area contributed by atoms with Crippen molar-refractivity contribution in [3.05, 3.63) is 23.6 Å². The van der Waals surface area contributed by atoms with Crippen LogP contribution in [-0.4, -0.2) is 53.7 Å². The summed E-state index contributed by atoms with van der Waals surface area (Å²) in [6.45, 7) is 3.37. The number of likely N-dealkylation sites (tertiary alicyclic amines) is 1. The van der Waals surface area contributed by atoms with Crippen LogP contribution in [0.25, 0.3) is 0 Å². The third kappa shape index (κ3) is 2.29. The monoisotopic (exact) mass is 365 g/mol. The van der Waals surface area contributed by atoms with E-state index < -0.39 is 10.0 Å². The van der Waals surface area contributed by atoms with Gasteiger partial charge in [-0.05, 0) is 26.7 Å². The normalized spacial score (nSPS) is 27.7. The molecule has 1 aromatic heterocycles. The minimum atomic E-state index is -3.73. The second-order valence-electron chi connectivity index (χ2n) is 6.83. The number of carbonyl (C=O) groups excluding carboxylic acids is 2. The quantitative estimate of drug-likeness (QED) is 0.575. The summed E-state index contributed by atoms with van der Waals surface area (Å²) in [4.78, 5) is 26.5. The van der Waals surface area contributed by atoms with Gasteiger partial charge in [0.05, 0.1) is 17.9 Å². The van der Waals surface area contributed by atoms with Crippen molar-refractivity contribution in [2.45, 2.75) is 37.6 Å². The van der Waals surface area contributed by atoms with E-state index in [1.165, 1.54) is 9.21 Å². The van der Waals surface area contributed by atoms with Crippen LogP contribution in [0.5, 0.6) is 0 Å². The minimum absolute atomic E-state index is 0.0721. The summed E-state index contributed by atoms with van der Waals surface area (Å²) in [5.74, 6) is -0.666. The van der Waals surface area contributed by atoms with Crippen LogP contribution in [0.2, 0.25) is 0 Å². The highest BCUT2D eigenvalue weighted by molar-refractivity contribution is 7.89. The second kappa shape index (κ2) is 5.50. The van der Waals surface area contributed by atoms with Crippen LogP contribution in [0.1, 0.15) is 24.3 Å². The van der Waals surface area contributed by atoms with Gasteiger partial charge < -0.3 is 4.52 Å². The molecule has 1 aliphatic carbocycles. The van der Waals surface area contributed by atoms with E-state index in [4.69, 9.17) is 4.52 Å². The Bertz CT molecular complexity index is 836. The Morgan fingerprint density at radius 2 is 1.64 bits per heavy atom. The van der Waals surface area contributed by atoms with Crippen LogP contribution in [-0.2, 0) is 19.6 Å². The topological polar surface area (TPSA) is 101 Å². The molecule has 3 aliphatic rings. The number of aromatic nitrogens is 1. The number of sulfonamides is 1. The Labute approximate surface area is 145 Å². The lowest BCUT2D eigenvalue weighted by molar-refractivity contribution is -0.145. The first-order chi connectivity index (χ1) is 11.8. The standard InChI is InChI=1S/C16H19N3O5S/c1-9-14(10(2)24-17-9)25(22,23)18-7-11(8-18)19-15(20)12-5-3-4-6-13(12)16(19)21/h3-4,11-13H,5-8H2,1-2H3. The van der Waals surface area contributed by atoms with E-state index in [1.807, 2.05) is 12.2 Å². The van der Waals surface area contributed by atoms with Crippen molar-refractivity contribution < 1.29 is 22.5 Å². The van der Waals surface area contributed by atoms with Gasteiger partial charge in [0.15, 0.2) is 5.76 Å². The van der Waals surface area contributed by atoms with Crippen LogP contribution in [0.4, 0.5) is 0 Å². The maximum absolute atomic E-state index is 12.7. The largest absolute Gasteiger partial charge is 0.360 e. The van der Waals surface area contributed by atoms with Gasteiger partial charge in [0.1, 0.15) is 10.6 Å². The summed E-state index contributed by atoms with van der Waals surface area (Å²) in [5, 5.41) is 3.69. The summed E-state index contributed by atoms with van der Waals surface area (Å²) in [6.07, 6.45) is 5.04.